The number of hydrogen-bond donors (Lipinski definition) is 1. The van der Waals surface area contributed by atoms with Crippen LogP contribution in [0.1, 0.15) is 22.8 Å². The quantitative estimate of drug-likeness (QED) is 0.832. The number of Topliss-reactive ketones (excluding diaryl/α,β-unsaturated/α-hetero) is 1. The molecular formula is C15H16N2O4. The highest BCUT2D eigenvalue weighted by Crippen LogP contribution is 2.18. The van der Waals surface area contributed by atoms with E-state index in [0.29, 0.717) is 23.3 Å². The maximum atomic E-state index is 12.3. The van der Waals surface area contributed by atoms with Gasteiger partial charge < -0.3 is 4.74 Å². The van der Waals surface area contributed by atoms with Gasteiger partial charge in [-0.25, -0.2) is 4.79 Å². The average molecular weight is 288 g/mol. The van der Waals surface area contributed by atoms with E-state index in [0.717, 1.165) is 0 Å². The largest absolute Gasteiger partial charge is 0.496 e. The van der Waals surface area contributed by atoms with Gasteiger partial charge >= 0.3 is 5.69 Å². The molecule has 0 radical (unpaired) electrons. The normalized spacial score (nSPS) is 10.4. The van der Waals surface area contributed by atoms with Crippen molar-refractivity contribution in [3.05, 3.63) is 62.4 Å². The van der Waals surface area contributed by atoms with E-state index in [-0.39, 0.29) is 12.3 Å². The Morgan fingerprint density at radius 2 is 2.00 bits per heavy atom. The Kier molecular flexibility index (Phi) is 4.37. The monoisotopic (exact) mass is 288 g/mol. The molecule has 0 saturated heterocycles. The van der Waals surface area contributed by atoms with E-state index in [2.05, 4.69) is 4.98 Å². The number of methoxy groups -OCH3 is 1. The molecule has 110 valence electrons. The van der Waals surface area contributed by atoms with E-state index >= 15 is 0 Å². The number of carbonyl (C=O) groups is 1. The highest BCUT2D eigenvalue weighted by molar-refractivity contribution is 5.98. The number of aromatic amines is 1. The number of nitrogens with zero attached hydrogens (tertiary/aromatic N) is 1. The molecule has 0 aliphatic heterocycles. The molecule has 0 bridgehead atoms. The number of aromatic nitrogens is 2. The lowest BCUT2D eigenvalue weighted by molar-refractivity contribution is 0.0967. The van der Waals surface area contributed by atoms with Crippen LogP contribution in [-0.2, 0) is 13.0 Å². The van der Waals surface area contributed by atoms with Gasteiger partial charge in [0.05, 0.1) is 19.2 Å². The lowest BCUT2D eigenvalue weighted by atomic mass is 10.1. The van der Waals surface area contributed by atoms with Crippen molar-refractivity contribution in [3.63, 3.8) is 0 Å². The molecule has 0 saturated carbocycles. The van der Waals surface area contributed by atoms with Crippen molar-refractivity contribution >= 4 is 5.78 Å². The molecule has 21 heavy (non-hydrogen) atoms. The highest BCUT2D eigenvalue weighted by atomic mass is 16.5. The molecule has 1 N–H and O–H groups in total. The summed E-state index contributed by atoms with van der Waals surface area (Å²) >= 11 is 0. The van der Waals surface area contributed by atoms with Crippen LogP contribution >= 0.6 is 0 Å². The molecule has 0 atom stereocenters. The third-order valence-corrected chi connectivity index (χ3v) is 3.19. The number of benzene rings is 1. The van der Waals surface area contributed by atoms with Gasteiger partial charge in [-0.3, -0.25) is 19.1 Å². The molecule has 0 spiro atoms. The van der Waals surface area contributed by atoms with E-state index in [1.165, 1.54) is 17.9 Å². The van der Waals surface area contributed by atoms with E-state index in [9.17, 15) is 14.4 Å². The Labute approximate surface area is 121 Å². The molecule has 6 heteroatoms. The first kappa shape index (κ1) is 14.8. The Hall–Kier alpha value is -2.63. The SMILES string of the molecule is CCc1cn(CC(=O)c2ccccc2OC)c(=O)[nH]c1=O. The molecule has 0 fully saturated rings. The Morgan fingerprint density at radius 1 is 1.29 bits per heavy atom. The number of aryl methyl sites for hydroxylation is 1. The van der Waals surface area contributed by atoms with Gasteiger partial charge in [-0.15, -0.1) is 0 Å². The molecule has 1 aromatic carbocycles. The predicted octanol–water partition coefficient (Wildman–Crippen LogP) is 0.990. The van der Waals surface area contributed by atoms with Crippen LogP contribution < -0.4 is 16.0 Å². The van der Waals surface area contributed by atoms with Crippen molar-refractivity contribution in [2.75, 3.05) is 7.11 Å². The number of para-hydroxylation sites is 1. The average Bonchev–Trinajstić information content (AvgIpc) is 2.49. The summed E-state index contributed by atoms with van der Waals surface area (Å²) in [6.07, 6.45) is 1.91. The van der Waals surface area contributed by atoms with Crippen molar-refractivity contribution in [1.29, 1.82) is 0 Å². The van der Waals surface area contributed by atoms with Gasteiger partial charge in [0.15, 0.2) is 5.78 Å². The lowest BCUT2D eigenvalue weighted by Crippen LogP contribution is -2.33. The zero-order valence-electron chi connectivity index (χ0n) is 11.9. The molecule has 2 rings (SSSR count). The van der Waals surface area contributed by atoms with Crippen LogP contribution in [0.15, 0.2) is 40.1 Å². The smallest absolute Gasteiger partial charge is 0.328 e. The van der Waals surface area contributed by atoms with Gasteiger partial charge in [0.1, 0.15) is 5.75 Å². The summed E-state index contributed by atoms with van der Waals surface area (Å²) in [6.45, 7) is 1.66. The Morgan fingerprint density at radius 3 is 2.67 bits per heavy atom. The van der Waals surface area contributed by atoms with Crippen molar-refractivity contribution in [2.45, 2.75) is 19.9 Å². The number of ketones is 1. The zero-order valence-corrected chi connectivity index (χ0v) is 11.9. The van der Waals surface area contributed by atoms with Crippen LogP contribution in [0.3, 0.4) is 0 Å². The van der Waals surface area contributed by atoms with Crippen LogP contribution in [0.5, 0.6) is 5.75 Å². The summed E-state index contributed by atoms with van der Waals surface area (Å²) in [7, 11) is 1.48. The van der Waals surface area contributed by atoms with Crippen LogP contribution in [0.25, 0.3) is 0 Å². The first-order valence-corrected chi connectivity index (χ1v) is 6.55. The molecule has 1 aromatic heterocycles. The maximum Gasteiger partial charge on any atom is 0.328 e. The predicted molar refractivity (Wildman–Crippen MR) is 78.0 cm³/mol. The van der Waals surface area contributed by atoms with Crippen LogP contribution in [0.2, 0.25) is 0 Å². The van der Waals surface area contributed by atoms with Gasteiger partial charge in [0.25, 0.3) is 5.56 Å². The Bertz CT molecular complexity index is 774. The number of nitrogens with one attached hydrogen (secondary N) is 1. The first-order valence-electron chi connectivity index (χ1n) is 6.55. The van der Waals surface area contributed by atoms with Crippen LogP contribution in [-0.4, -0.2) is 22.4 Å². The second-order valence-electron chi connectivity index (χ2n) is 4.52. The van der Waals surface area contributed by atoms with Gasteiger partial charge in [0.2, 0.25) is 0 Å². The van der Waals surface area contributed by atoms with Crippen LogP contribution in [0.4, 0.5) is 0 Å². The van der Waals surface area contributed by atoms with E-state index < -0.39 is 11.2 Å². The molecule has 0 aliphatic carbocycles. The number of ether oxygens (including phenoxy) is 1. The minimum atomic E-state index is -0.597. The molecule has 1 heterocycles. The number of rotatable bonds is 5. The fourth-order valence-corrected chi connectivity index (χ4v) is 2.04. The Balaban J connectivity index is 2.36. The topological polar surface area (TPSA) is 81.2 Å². The minimum Gasteiger partial charge on any atom is -0.496 e. The summed E-state index contributed by atoms with van der Waals surface area (Å²) in [5.74, 6) is 0.194. The van der Waals surface area contributed by atoms with E-state index in [1.807, 2.05) is 0 Å². The van der Waals surface area contributed by atoms with Gasteiger partial charge in [0, 0.05) is 11.8 Å². The van der Waals surface area contributed by atoms with Crippen molar-refractivity contribution < 1.29 is 9.53 Å². The second kappa shape index (κ2) is 6.21. The highest BCUT2D eigenvalue weighted by Gasteiger charge is 2.13. The fraction of sp³-hybridized carbons (Fsp3) is 0.267. The lowest BCUT2D eigenvalue weighted by Gasteiger charge is -2.09. The standard InChI is InChI=1S/C15H16N2O4/c1-3-10-8-17(15(20)16-14(10)19)9-12(18)11-6-4-5-7-13(11)21-2/h4-8H,3,9H2,1-2H3,(H,16,19,20). The van der Waals surface area contributed by atoms with Gasteiger partial charge in [-0.2, -0.15) is 0 Å². The van der Waals surface area contributed by atoms with Crippen molar-refractivity contribution in [3.8, 4) is 5.75 Å². The molecular weight excluding hydrogens is 272 g/mol. The number of carbonyl (C=O) groups excluding carboxylic acids is 1. The maximum absolute atomic E-state index is 12.3. The first-order chi connectivity index (χ1) is 10.1. The van der Waals surface area contributed by atoms with Crippen LogP contribution in [0, 0.1) is 0 Å². The molecule has 0 unspecified atom stereocenters. The summed E-state index contributed by atoms with van der Waals surface area (Å²) in [4.78, 5) is 37.8. The summed E-state index contributed by atoms with van der Waals surface area (Å²) in [6, 6.07) is 6.80. The third-order valence-electron chi connectivity index (χ3n) is 3.19. The number of H-pyrrole nitrogens is 1. The summed E-state index contributed by atoms with van der Waals surface area (Å²) < 4.78 is 6.34. The molecule has 0 aliphatic rings. The molecule has 6 nitrogen and oxygen atoms in total. The van der Waals surface area contributed by atoms with E-state index in [4.69, 9.17) is 4.74 Å². The van der Waals surface area contributed by atoms with E-state index in [1.54, 1.807) is 31.2 Å². The van der Waals surface area contributed by atoms with Gasteiger partial charge in [-0.1, -0.05) is 19.1 Å². The zero-order chi connectivity index (χ0) is 15.4. The molecule has 2 aromatic rings. The minimum absolute atomic E-state index is 0.150. The second-order valence-corrected chi connectivity index (χ2v) is 4.52. The summed E-state index contributed by atoms with van der Waals surface area (Å²) in [5, 5.41) is 0. The summed E-state index contributed by atoms with van der Waals surface area (Å²) in [5.41, 5.74) is -0.150. The number of hydrogen-bond acceptors (Lipinski definition) is 4. The molecule has 0 amide bonds. The van der Waals surface area contributed by atoms with Gasteiger partial charge in [-0.05, 0) is 18.6 Å². The fourth-order valence-electron chi connectivity index (χ4n) is 2.04. The van der Waals surface area contributed by atoms with Crippen molar-refractivity contribution in [1.82, 2.24) is 9.55 Å². The van der Waals surface area contributed by atoms with Crippen molar-refractivity contribution in [2.24, 2.45) is 0 Å². The third kappa shape index (κ3) is 3.10.